The zero-order chi connectivity index (χ0) is 8.65. The Bertz CT molecular complexity index is 251. The van der Waals surface area contributed by atoms with Crippen molar-refractivity contribution in [3.63, 3.8) is 0 Å². The van der Waals surface area contributed by atoms with Crippen LogP contribution in [0.2, 0.25) is 0 Å². The predicted molar refractivity (Wildman–Crippen MR) is 42.6 cm³/mol. The molecule has 0 aromatic rings. The molecule has 1 rings (SSSR count). The van der Waals surface area contributed by atoms with Crippen molar-refractivity contribution in [1.82, 2.24) is 0 Å². The fraction of sp³-hybridized carbons (Fsp3) is 0.500. The Balaban J connectivity index is 3.05. The number of allylic oxidation sites excluding steroid dienone is 2. The van der Waals surface area contributed by atoms with Crippen LogP contribution in [0.3, 0.4) is 0 Å². The van der Waals surface area contributed by atoms with Crippen molar-refractivity contribution in [1.29, 1.82) is 0 Å². The fourth-order valence-corrected chi connectivity index (χ4v) is 1.46. The van der Waals surface area contributed by atoms with Crippen molar-refractivity contribution in [2.24, 2.45) is 0 Å². The van der Waals surface area contributed by atoms with E-state index >= 15 is 0 Å². The van der Waals surface area contributed by atoms with Crippen LogP contribution in [0.5, 0.6) is 0 Å². The standard InChI is InChI=1S/C8H9ClO2/c1-5-3-6(10)4-8(2,9)7(5)11/h3H,4H2,1-2H3. The van der Waals surface area contributed by atoms with E-state index in [1.54, 1.807) is 13.8 Å². The minimum atomic E-state index is -1.00. The Morgan fingerprint density at radius 1 is 1.55 bits per heavy atom. The van der Waals surface area contributed by atoms with Crippen LogP contribution in [0.1, 0.15) is 20.3 Å². The molecule has 1 aliphatic rings. The second-order valence-corrected chi connectivity index (χ2v) is 3.83. The summed E-state index contributed by atoms with van der Waals surface area (Å²) in [4.78, 5) is 21.2. The molecule has 1 aliphatic carbocycles. The zero-order valence-electron chi connectivity index (χ0n) is 6.48. The number of halogens is 1. The van der Waals surface area contributed by atoms with Crippen LogP contribution >= 0.6 is 11.6 Å². The lowest BCUT2D eigenvalue weighted by Crippen LogP contribution is -2.35. The quantitative estimate of drug-likeness (QED) is 0.519. The van der Waals surface area contributed by atoms with Crippen LogP contribution in [0.4, 0.5) is 0 Å². The number of carbonyl (C=O) groups is 2. The summed E-state index contributed by atoms with van der Waals surface area (Å²) in [6.45, 7) is 3.19. The first kappa shape index (κ1) is 8.47. The van der Waals surface area contributed by atoms with E-state index < -0.39 is 4.87 Å². The lowest BCUT2D eigenvalue weighted by molar-refractivity contribution is -0.123. The summed E-state index contributed by atoms with van der Waals surface area (Å²) >= 11 is 5.80. The molecular weight excluding hydrogens is 164 g/mol. The maximum absolute atomic E-state index is 11.2. The van der Waals surface area contributed by atoms with Crippen molar-refractivity contribution in [2.75, 3.05) is 0 Å². The summed E-state index contributed by atoms with van der Waals surface area (Å²) in [5.74, 6) is -0.210. The number of alkyl halides is 1. The fourth-order valence-electron chi connectivity index (χ4n) is 1.18. The minimum Gasteiger partial charge on any atom is -0.295 e. The number of ketones is 2. The van der Waals surface area contributed by atoms with E-state index in [1.807, 2.05) is 0 Å². The van der Waals surface area contributed by atoms with Crippen molar-refractivity contribution in [3.8, 4) is 0 Å². The molecule has 0 amide bonds. The predicted octanol–water partition coefficient (Wildman–Crippen LogP) is 1.47. The highest BCUT2D eigenvalue weighted by atomic mass is 35.5. The van der Waals surface area contributed by atoms with Crippen molar-refractivity contribution in [2.45, 2.75) is 25.1 Å². The van der Waals surface area contributed by atoms with Crippen molar-refractivity contribution >= 4 is 23.2 Å². The van der Waals surface area contributed by atoms with E-state index in [2.05, 4.69) is 0 Å². The SMILES string of the molecule is CC1=CC(=O)CC(C)(Cl)C1=O. The molecular formula is C8H9ClO2. The molecule has 0 N–H and O–H groups in total. The molecule has 0 spiro atoms. The van der Waals surface area contributed by atoms with Gasteiger partial charge in [-0.05, 0) is 25.5 Å². The van der Waals surface area contributed by atoms with Crippen molar-refractivity contribution in [3.05, 3.63) is 11.6 Å². The first-order chi connectivity index (χ1) is 4.93. The largest absolute Gasteiger partial charge is 0.295 e. The highest BCUT2D eigenvalue weighted by molar-refractivity contribution is 6.40. The van der Waals surface area contributed by atoms with Gasteiger partial charge in [-0.1, -0.05) is 0 Å². The van der Waals surface area contributed by atoms with E-state index in [1.165, 1.54) is 6.08 Å². The van der Waals surface area contributed by atoms with E-state index in [4.69, 9.17) is 11.6 Å². The first-order valence-corrected chi connectivity index (χ1v) is 3.76. The van der Waals surface area contributed by atoms with Crippen LogP contribution in [0.25, 0.3) is 0 Å². The Kier molecular flexibility index (Phi) is 1.89. The number of carbonyl (C=O) groups excluding carboxylic acids is 2. The van der Waals surface area contributed by atoms with E-state index in [0.717, 1.165) is 0 Å². The Hall–Kier alpha value is -0.630. The maximum Gasteiger partial charge on any atom is 0.179 e. The molecule has 2 nitrogen and oxygen atoms in total. The summed E-state index contributed by atoms with van der Waals surface area (Å²) < 4.78 is 0. The van der Waals surface area contributed by atoms with Gasteiger partial charge in [0.15, 0.2) is 11.6 Å². The van der Waals surface area contributed by atoms with Crippen LogP contribution in [-0.2, 0) is 9.59 Å². The van der Waals surface area contributed by atoms with Gasteiger partial charge < -0.3 is 0 Å². The molecule has 0 fully saturated rings. The third-order valence-corrected chi connectivity index (χ3v) is 2.02. The van der Waals surface area contributed by atoms with Gasteiger partial charge in [-0.15, -0.1) is 11.6 Å². The molecule has 0 aliphatic heterocycles. The highest BCUT2D eigenvalue weighted by Gasteiger charge is 2.36. The van der Waals surface area contributed by atoms with Gasteiger partial charge in [-0.2, -0.15) is 0 Å². The second kappa shape index (κ2) is 2.45. The van der Waals surface area contributed by atoms with Crippen LogP contribution in [0.15, 0.2) is 11.6 Å². The average Bonchev–Trinajstić information content (AvgIpc) is 1.81. The summed E-state index contributed by atoms with van der Waals surface area (Å²) in [5, 5.41) is 0. The monoisotopic (exact) mass is 172 g/mol. The molecule has 1 unspecified atom stereocenters. The van der Waals surface area contributed by atoms with Crippen LogP contribution in [0, 0.1) is 0 Å². The normalized spacial score (nSPS) is 32.1. The third kappa shape index (κ3) is 1.51. The molecule has 0 bridgehead atoms. The summed E-state index contributed by atoms with van der Waals surface area (Å²) in [6.07, 6.45) is 1.47. The third-order valence-electron chi connectivity index (χ3n) is 1.72. The molecule has 0 radical (unpaired) electrons. The average molecular weight is 173 g/mol. The van der Waals surface area contributed by atoms with Gasteiger partial charge in [0.1, 0.15) is 4.87 Å². The maximum atomic E-state index is 11.2. The highest BCUT2D eigenvalue weighted by Crippen LogP contribution is 2.28. The van der Waals surface area contributed by atoms with E-state index in [-0.39, 0.29) is 18.0 Å². The topological polar surface area (TPSA) is 34.1 Å². The smallest absolute Gasteiger partial charge is 0.179 e. The molecule has 1 atom stereocenters. The van der Waals surface area contributed by atoms with Gasteiger partial charge in [0, 0.05) is 6.42 Å². The molecule has 3 heteroatoms. The molecule has 0 saturated carbocycles. The molecule has 0 aromatic carbocycles. The van der Waals surface area contributed by atoms with E-state index in [9.17, 15) is 9.59 Å². The van der Waals surface area contributed by atoms with Crippen molar-refractivity contribution < 1.29 is 9.59 Å². The van der Waals surface area contributed by atoms with E-state index in [0.29, 0.717) is 5.57 Å². The molecule has 0 aromatic heterocycles. The molecule has 11 heavy (non-hydrogen) atoms. The number of hydrogen-bond acceptors (Lipinski definition) is 2. The lowest BCUT2D eigenvalue weighted by Gasteiger charge is -2.22. The lowest BCUT2D eigenvalue weighted by atomic mass is 9.88. The molecule has 0 heterocycles. The molecule has 60 valence electrons. The van der Waals surface area contributed by atoms with Gasteiger partial charge in [-0.3, -0.25) is 9.59 Å². The number of hydrogen-bond donors (Lipinski definition) is 0. The zero-order valence-corrected chi connectivity index (χ0v) is 7.23. The molecule has 0 saturated heterocycles. The van der Waals surface area contributed by atoms with Crippen LogP contribution in [-0.4, -0.2) is 16.4 Å². The number of rotatable bonds is 0. The Labute approximate surface area is 70.2 Å². The Morgan fingerprint density at radius 3 is 2.55 bits per heavy atom. The number of Topliss-reactive ketones (excluding diaryl/α,β-unsaturated/α-hetero) is 1. The second-order valence-electron chi connectivity index (χ2n) is 3.00. The van der Waals surface area contributed by atoms with Gasteiger partial charge in [0.05, 0.1) is 0 Å². The van der Waals surface area contributed by atoms with Gasteiger partial charge in [0.2, 0.25) is 0 Å². The Morgan fingerprint density at radius 2 is 2.09 bits per heavy atom. The summed E-state index contributed by atoms with van der Waals surface area (Å²) in [7, 11) is 0. The van der Waals surface area contributed by atoms with Gasteiger partial charge >= 0.3 is 0 Å². The first-order valence-electron chi connectivity index (χ1n) is 3.38. The minimum absolute atomic E-state index is 0.0698. The summed E-state index contributed by atoms with van der Waals surface area (Å²) in [5.41, 5.74) is 0.457. The summed E-state index contributed by atoms with van der Waals surface area (Å²) in [6, 6.07) is 0. The van der Waals surface area contributed by atoms with Gasteiger partial charge in [-0.25, -0.2) is 0 Å². The van der Waals surface area contributed by atoms with Gasteiger partial charge in [0.25, 0.3) is 0 Å². The van der Waals surface area contributed by atoms with Crippen LogP contribution < -0.4 is 0 Å².